The first-order valence-electron chi connectivity index (χ1n) is 10.9. The lowest BCUT2D eigenvalue weighted by atomic mass is 10.0. The molecule has 7 nitrogen and oxygen atoms in total. The van der Waals surface area contributed by atoms with Crippen LogP contribution >= 0.6 is 0 Å². The van der Waals surface area contributed by atoms with Crippen LogP contribution in [0.1, 0.15) is 65.2 Å². The molecule has 180 valence electrons. The van der Waals surface area contributed by atoms with Crippen LogP contribution in [-0.2, 0) is 16.6 Å². The van der Waals surface area contributed by atoms with Gasteiger partial charge in [0.15, 0.2) is 5.69 Å². The van der Waals surface area contributed by atoms with Crippen LogP contribution in [-0.4, -0.2) is 29.8 Å². The van der Waals surface area contributed by atoms with Crippen LogP contribution in [0.15, 0.2) is 59.3 Å². The average molecular weight is 490 g/mol. The molecule has 3 aromatic rings. The second-order valence-corrected chi connectivity index (χ2v) is 10.5. The van der Waals surface area contributed by atoms with E-state index in [1.54, 1.807) is 31.2 Å². The maximum Gasteiger partial charge on any atom is 0.273 e. The predicted molar refractivity (Wildman–Crippen MR) is 121 cm³/mol. The number of halogens is 2. The Morgan fingerprint density at radius 1 is 1.18 bits per heavy atom. The summed E-state index contributed by atoms with van der Waals surface area (Å²) in [5.74, 6) is -2.08. The van der Waals surface area contributed by atoms with E-state index in [1.165, 1.54) is 23.6 Å². The smallest absolute Gasteiger partial charge is 0.273 e. The van der Waals surface area contributed by atoms with E-state index in [2.05, 4.69) is 15.0 Å². The molecule has 1 fully saturated rings. The third-order valence-electron chi connectivity index (χ3n) is 6.17. The van der Waals surface area contributed by atoms with Crippen molar-refractivity contribution in [2.24, 2.45) is 0 Å². The van der Waals surface area contributed by atoms with Gasteiger partial charge >= 0.3 is 0 Å². The molecular weight excluding hydrogens is 464 g/mol. The molecule has 4 rings (SSSR count). The van der Waals surface area contributed by atoms with E-state index in [-0.39, 0.29) is 29.4 Å². The predicted octanol–water partition coefficient (Wildman–Crippen LogP) is 4.50. The highest BCUT2D eigenvalue weighted by Crippen LogP contribution is 2.38. The zero-order chi connectivity index (χ0) is 24.5. The van der Waals surface area contributed by atoms with Gasteiger partial charge in [0.05, 0.1) is 6.04 Å². The minimum absolute atomic E-state index is 0.0154. The summed E-state index contributed by atoms with van der Waals surface area (Å²) >= 11 is 0. The lowest BCUT2D eigenvalue weighted by Crippen LogP contribution is -2.44. The van der Waals surface area contributed by atoms with E-state index in [0.717, 1.165) is 12.1 Å². The molecular formula is C24H25F2N3O4S. The van der Waals surface area contributed by atoms with Crippen LogP contribution < -0.4 is 5.32 Å². The maximum atomic E-state index is 15.0. The molecule has 0 bridgehead atoms. The van der Waals surface area contributed by atoms with Crippen molar-refractivity contribution in [2.45, 2.75) is 50.6 Å². The Morgan fingerprint density at radius 3 is 2.59 bits per heavy atom. The average Bonchev–Trinajstić information content (AvgIpc) is 3.34. The van der Waals surface area contributed by atoms with Crippen LogP contribution in [0.4, 0.5) is 8.78 Å². The molecule has 1 amide bonds. The molecule has 2 aromatic carbocycles. The van der Waals surface area contributed by atoms with Gasteiger partial charge in [0, 0.05) is 29.8 Å². The number of sulfonamides is 1. The second kappa shape index (κ2) is 9.63. The zero-order valence-corrected chi connectivity index (χ0v) is 19.6. The van der Waals surface area contributed by atoms with Gasteiger partial charge < -0.3 is 9.84 Å². The first kappa shape index (κ1) is 24.0. The highest BCUT2D eigenvalue weighted by Gasteiger charge is 2.40. The molecule has 0 spiro atoms. The van der Waals surface area contributed by atoms with E-state index in [9.17, 15) is 17.6 Å². The van der Waals surface area contributed by atoms with Crippen LogP contribution in [0, 0.1) is 11.6 Å². The van der Waals surface area contributed by atoms with Gasteiger partial charge in [-0.3, -0.25) is 4.79 Å². The van der Waals surface area contributed by atoms with Gasteiger partial charge in [-0.25, -0.2) is 17.2 Å². The zero-order valence-electron chi connectivity index (χ0n) is 18.7. The molecule has 1 aliphatic rings. The highest BCUT2D eigenvalue weighted by molar-refractivity contribution is 7.89. The molecule has 0 radical (unpaired) electrons. The topological polar surface area (TPSA) is 92.5 Å². The molecule has 3 atom stereocenters. The summed E-state index contributed by atoms with van der Waals surface area (Å²) < 4.78 is 62.6. The van der Waals surface area contributed by atoms with E-state index in [1.807, 2.05) is 6.07 Å². The molecule has 1 unspecified atom stereocenters. The van der Waals surface area contributed by atoms with E-state index in [0.29, 0.717) is 18.4 Å². The summed E-state index contributed by atoms with van der Waals surface area (Å²) in [6.07, 6.45) is 2.29. The van der Waals surface area contributed by atoms with Crippen molar-refractivity contribution in [1.29, 1.82) is 0 Å². The Kier molecular flexibility index (Phi) is 6.81. The van der Waals surface area contributed by atoms with Gasteiger partial charge in [0.1, 0.15) is 23.1 Å². The Labute approximate surface area is 196 Å². The lowest BCUT2D eigenvalue weighted by Gasteiger charge is -2.37. The number of nitrogens with zero attached hydrogens (tertiary/aromatic N) is 2. The van der Waals surface area contributed by atoms with Gasteiger partial charge in [-0.1, -0.05) is 35.5 Å². The van der Waals surface area contributed by atoms with Crippen LogP contribution in [0.2, 0.25) is 0 Å². The Bertz CT molecular complexity index is 1270. The fourth-order valence-electron chi connectivity index (χ4n) is 4.25. The third-order valence-corrected chi connectivity index (χ3v) is 8.54. The summed E-state index contributed by atoms with van der Waals surface area (Å²) in [5.41, 5.74) is 0.565. The molecule has 1 aromatic heterocycles. The number of hydrogen-bond donors (Lipinski definition) is 1. The molecule has 0 saturated carbocycles. The molecule has 2 heterocycles. The Morgan fingerprint density at radius 2 is 1.91 bits per heavy atom. The SMILES string of the molecule is CC(NC(=O)c1ccon1)c1cc(F)c(CN2[C@@H](C)CC[C@H](c3ccccc3)S2(=O)=O)cc1F. The lowest BCUT2D eigenvalue weighted by molar-refractivity contribution is 0.0930. The molecule has 1 aliphatic heterocycles. The number of nitrogens with one attached hydrogen (secondary N) is 1. The first-order chi connectivity index (χ1) is 16.2. The fraction of sp³-hybridized carbons (Fsp3) is 0.333. The summed E-state index contributed by atoms with van der Waals surface area (Å²) in [5, 5.41) is 5.32. The van der Waals surface area contributed by atoms with Crippen LogP contribution in [0.5, 0.6) is 0 Å². The van der Waals surface area contributed by atoms with Gasteiger partial charge in [0.25, 0.3) is 5.91 Å². The Hall–Kier alpha value is -3.11. The molecule has 0 aliphatic carbocycles. The summed E-state index contributed by atoms with van der Waals surface area (Å²) in [4.78, 5) is 12.1. The van der Waals surface area contributed by atoms with Crippen molar-refractivity contribution in [3.8, 4) is 0 Å². The first-order valence-corrected chi connectivity index (χ1v) is 12.4. The molecule has 34 heavy (non-hydrogen) atoms. The monoisotopic (exact) mass is 489 g/mol. The van der Waals surface area contributed by atoms with Crippen molar-refractivity contribution in [3.05, 3.63) is 88.8 Å². The van der Waals surface area contributed by atoms with Crippen molar-refractivity contribution in [1.82, 2.24) is 14.8 Å². The number of rotatable bonds is 6. The maximum absolute atomic E-state index is 15.0. The summed E-state index contributed by atoms with van der Waals surface area (Å²) in [6.45, 7) is 3.00. The van der Waals surface area contributed by atoms with Crippen LogP contribution in [0.3, 0.4) is 0 Å². The minimum Gasteiger partial charge on any atom is -0.364 e. The number of aromatic nitrogens is 1. The van der Waals surface area contributed by atoms with Gasteiger partial charge in [0.2, 0.25) is 10.0 Å². The van der Waals surface area contributed by atoms with Gasteiger partial charge in [-0.05, 0) is 44.4 Å². The number of amides is 1. The van der Waals surface area contributed by atoms with E-state index < -0.39 is 38.9 Å². The van der Waals surface area contributed by atoms with Crippen molar-refractivity contribution in [2.75, 3.05) is 0 Å². The largest absolute Gasteiger partial charge is 0.364 e. The van der Waals surface area contributed by atoms with Gasteiger partial charge in [-0.2, -0.15) is 4.31 Å². The number of carbonyl (C=O) groups is 1. The van der Waals surface area contributed by atoms with E-state index >= 15 is 4.39 Å². The number of hydrogen-bond acceptors (Lipinski definition) is 5. The summed E-state index contributed by atoms with van der Waals surface area (Å²) in [6, 6.07) is 11.0. The van der Waals surface area contributed by atoms with E-state index in [4.69, 9.17) is 0 Å². The normalized spacial score (nSPS) is 21.2. The van der Waals surface area contributed by atoms with Gasteiger partial charge in [-0.15, -0.1) is 0 Å². The number of carbonyl (C=O) groups excluding carboxylic acids is 1. The fourth-order valence-corrected chi connectivity index (χ4v) is 6.44. The standard InChI is InChI=1S/C24H25F2N3O4S/c1-15-8-9-23(17-6-4-3-5-7-17)34(31,32)29(15)14-18-12-21(26)19(13-20(18)25)16(2)27-24(30)22-10-11-33-28-22/h3-7,10-13,15-16,23H,8-9,14H2,1-2H3,(H,27,30)/t15-,16?,23+/m0/s1. The summed E-state index contributed by atoms with van der Waals surface area (Å²) in [7, 11) is -3.79. The highest BCUT2D eigenvalue weighted by atomic mass is 32.2. The van der Waals surface area contributed by atoms with Crippen molar-refractivity contribution in [3.63, 3.8) is 0 Å². The van der Waals surface area contributed by atoms with Crippen LogP contribution in [0.25, 0.3) is 0 Å². The second-order valence-electron chi connectivity index (χ2n) is 8.46. The van der Waals surface area contributed by atoms with Crippen molar-refractivity contribution < 1.29 is 26.5 Å². The Balaban J connectivity index is 1.56. The third kappa shape index (κ3) is 4.74. The molecule has 1 saturated heterocycles. The molecule has 10 heteroatoms. The minimum atomic E-state index is -3.79. The quantitative estimate of drug-likeness (QED) is 0.551. The molecule has 1 N–H and O–H groups in total. The van der Waals surface area contributed by atoms with Crippen molar-refractivity contribution >= 4 is 15.9 Å². The number of benzene rings is 2.